The van der Waals surface area contributed by atoms with E-state index >= 15 is 0 Å². The molecule has 0 N–H and O–H groups in total. The first kappa shape index (κ1) is 15.3. The molecule has 0 spiro atoms. The highest BCUT2D eigenvalue weighted by molar-refractivity contribution is 6.23. The fourth-order valence-electron chi connectivity index (χ4n) is 2.97. The molecule has 3 heterocycles. The van der Waals surface area contributed by atoms with Crippen molar-refractivity contribution in [1.82, 2.24) is 14.8 Å². The number of imide groups is 1. The molecule has 0 bridgehead atoms. The molecule has 0 aliphatic carbocycles. The smallest absolute Gasteiger partial charge is 0.296 e. The molecule has 2 atom stereocenters. The third-order valence-corrected chi connectivity index (χ3v) is 4.35. The highest BCUT2D eigenvalue weighted by atomic mass is 16.2. The van der Waals surface area contributed by atoms with Crippen LogP contribution in [0.3, 0.4) is 0 Å². The molecule has 0 aromatic heterocycles. The maximum absolute atomic E-state index is 12.6. The molecular weight excluding hydrogens is 300 g/mol. The molecule has 0 saturated carbocycles. The van der Waals surface area contributed by atoms with Crippen LogP contribution >= 0.6 is 0 Å². The average molecular weight is 319 g/mol. The highest BCUT2D eigenvalue weighted by Crippen LogP contribution is 2.24. The molecule has 0 radical (unpaired) electrons. The lowest BCUT2D eigenvalue weighted by atomic mass is 10.1. The number of likely N-dealkylation sites (N-methyl/N-ethyl adjacent to an activating group) is 2. The summed E-state index contributed by atoms with van der Waals surface area (Å²) in [4.78, 5) is 43.1. The molecule has 3 aliphatic heterocycles. The summed E-state index contributed by atoms with van der Waals surface area (Å²) < 4.78 is 1.82. The summed E-state index contributed by atoms with van der Waals surface area (Å²) >= 11 is 0. The van der Waals surface area contributed by atoms with Gasteiger partial charge in [-0.1, -0.05) is 4.99 Å². The number of aliphatic imine (C=N–C) groups is 1. The van der Waals surface area contributed by atoms with E-state index in [2.05, 4.69) is 10.1 Å². The van der Waals surface area contributed by atoms with Gasteiger partial charge in [0, 0.05) is 14.1 Å². The van der Waals surface area contributed by atoms with Crippen molar-refractivity contribution in [1.29, 1.82) is 0 Å². The van der Waals surface area contributed by atoms with Crippen molar-refractivity contribution in [3.63, 3.8) is 0 Å². The topological polar surface area (TPSA) is 88.7 Å². The molecule has 9 heteroatoms. The van der Waals surface area contributed by atoms with Gasteiger partial charge >= 0.3 is 12.0 Å². The zero-order chi connectivity index (χ0) is 17.0. The lowest BCUT2D eigenvalue weighted by Crippen LogP contribution is -2.63. The van der Waals surface area contributed by atoms with Crippen molar-refractivity contribution in [2.45, 2.75) is 32.9 Å². The van der Waals surface area contributed by atoms with Crippen molar-refractivity contribution in [3.8, 4) is 0 Å². The summed E-state index contributed by atoms with van der Waals surface area (Å²) in [5.74, 6) is 0.415. The van der Waals surface area contributed by atoms with E-state index in [0.29, 0.717) is 11.8 Å². The minimum absolute atomic E-state index is 0.0634. The first-order valence-electron chi connectivity index (χ1n) is 7.35. The molecule has 3 rings (SSSR count). The number of hydrogen-bond donors (Lipinski definition) is 0. The zero-order valence-corrected chi connectivity index (χ0v) is 13.8. The van der Waals surface area contributed by atoms with E-state index < -0.39 is 12.1 Å². The van der Waals surface area contributed by atoms with E-state index in [1.807, 2.05) is 18.4 Å². The number of nitrogens with zero attached hydrogens (tertiary/aromatic N) is 6. The van der Waals surface area contributed by atoms with Gasteiger partial charge < -0.3 is 0 Å². The van der Waals surface area contributed by atoms with Crippen LogP contribution in [0.25, 0.3) is 0 Å². The van der Waals surface area contributed by atoms with Gasteiger partial charge in [-0.3, -0.25) is 19.4 Å². The maximum atomic E-state index is 12.6. The molecule has 0 aromatic carbocycles. The summed E-state index contributed by atoms with van der Waals surface area (Å²) in [6.07, 6.45) is 0. The number of carbonyl (C=O) groups is 3. The van der Waals surface area contributed by atoms with Gasteiger partial charge in [0.15, 0.2) is 12.3 Å². The molecule has 1 fully saturated rings. The number of amidine groups is 1. The van der Waals surface area contributed by atoms with Crippen molar-refractivity contribution < 1.29 is 19.0 Å². The first-order valence-corrected chi connectivity index (χ1v) is 7.35. The van der Waals surface area contributed by atoms with E-state index in [1.165, 1.54) is 23.9 Å². The summed E-state index contributed by atoms with van der Waals surface area (Å²) in [6.45, 7) is 5.31. The number of urea groups is 1. The van der Waals surface area contributed by atoms with Crippen LogP contribution in [0.15, 0.2) is 10.1 Å². The Kier molecular flexibility index (Phi) is 3.31. The summed E-state index contributed by atoms with van der Waals surface area (Å²) in [5, 5.41) is 5.90. The van der Waals surface area contributed by atoms with Gasteiger partial charge in [0.05, 0.1) is 5.71 Å². The van der Waals surface area contributed by atoms with Crippen molar-refractivity contribution in [3.05, 3.63) is 0 Å². The fraction of sp³-hybridized carbons (Fsp3) is 0.571. The predicted molar refractivity (Wildman–Crippen MR) is 82.4 cm³/mol. The highest BCUT2D eigenvalue weighted by Gasteiger charge is 2.55. The quantitative estimate of drug-likeness (QED) is 0.631. The van der Waals surface area contributed by atoms with Crippen molar-refractivity contribution in [2.24, 2.45) is 10.1 Å². The second-order valence-corrected chi connectivity index (χ2v) is 6.00. The normalized spacial score (nSPS) is 27.1. The molecule has 23 heavy (non-hydrogen) atoms. The predicted octanol–water partition coefficient (Wildman–Crippen LogP) is -0.672. The molecule has 2 unspecified atom stereocenters. The monoisotopic (exact) mass is 319 g/mol. The van der Waals surface area contributed by atoms with Crippen LogP contribution in [-0.4, -0.2) is 87.3 Å². The van der Waals surface area contributed by atoms with Crippen LogP contribution in [0.2, 0.25) is 0 Å². The van der Waals surface area contributed by atoms with Crippen LogP contribution < -0.4 is 0 Å². The van der Waals surface area contributed by atoms with Crippen molar-refractivity contribution in [2.75, 3.05) is 20.6 Å². The van der Waals surface area contributed by atoms with Gasteiger partial charge in [0.1, 0.15) is 6.04 Å². The van der Waals surface area contributed by atoms with Gasteiger partial charge in [-0.15, -0.1) is 10.1 Å². The SMILES string of the molecule is CC(=O)CN1N=C(C)C(C)[N+]2=C1N=C1C2C(=O)N(C)C(=O)N1C. The molecule has 3 aliphatic rings. The maximum Gasteiger partial charge on any atom is 0.417 e. The Morgan fingerprint density at radius 3 is 2.52 bits per heavy atom. The van der Waals surface area contributed by atoms with E-state index in [-0.39, 0.29) is 24.3 Å². The number of hydrogen-bond acceptors (Lipinski definition) is 6. The number of hydrazone groups is 1. The Morgan fingerprint density at radius 2 is 1.91 bits per heavy atom. The Labute approximate surface area is 133 Å². The molecule has 0 aromatic rings. The number of Topliss-reactive ketones (excluding diaryl/α,β-unsaturated/α-hetero) is 1. The molecule has 3 amide bonds. The minimum Gasteiger partial charge on any atom is -0.296 e. The fourth-order valence-corrected chi connectivity index (χ4v) is 2.97. The van der Waals surface area contributed by atoms with Gasteiger partial charge in [-0.25, -0.2) is 9.37 Å². The number of carbonyl (C=O) groups excluding carboxylic acids is 3. The Morgan fingerprint density at radius 1 is 1.26 bits per heavy atom. The molecule has 122 valence electrons. The van der Waals surface area contributed by atoms with Gasteiger partial charge in [-0.05, 0) is 20.8 Å². The average Bonchev–Trinajstić information content (AvgIpc) is 2.88. The number of rotatable bonds is 2. The Bertz CT molecular complexity index is 722. The standard InChI is InChI=1S/C14H19N6O3/c1-7(21)6-19-13-15-11-10(20(13)9(3)8(2)16-19)12(22)18(5)14(23)17(11)4/h9-10H,6H2,1-5H3/q+1. The first-order chi connectivity index (χ1) is 10.7. The van der Waals surface area contributed by atoms with Gasteiger partial charge in [-0.2, -0.15) is 0 Å². The minimum atomic E-state index is -0.674. The van der Waals surface area contributed by atoms with Crippen LogP contribution in [0.1, 0.15) is 20.8 Å². The molecule has 1 saturated heterocycles. The van der Waals surface area contributed by atoms with Crippen LogP contribution in [0, 0.1) is 0 Å². The van der Waals surface area contributed by atoms with E-state index in [9.17, 15) is 14.4 Å². The second kappa shape index (κ2) is 4.97. The second-order valence-electron chi connectivity index (χ2n) is 6.00. The van der Waals surface area contributed by atoms with E-state index in [1.54, 1.807) is 7.05 Å². The van der Waals surface area contributed by atoms with Crippen LogP contribution in [0.5, 0.6) is 0 Å². The summed E-state index contributed by atoms with van der Waals surface area (Å²) in [5.41, 5.74) is 0.779. The Balaban J connectivity index is 2.10. The summed E-state index contributed by atoms with van der Waals surface area (Å²) in [6, 6.07) is -1.25. The zero-order valence-electron chi connectivity index (χ0n) is 13.8. The number of fused-ring (bicyclic) bond motifs is 2. The Hall–Kier alpha value is -2.58. The molecular formula is C14H19N6O3+. The number of ketones is 1. The van der Waals surface area contributed by atoms with Gasteiger partial charge in [0.2, 0.25) is 11.9 Å². The lowest BCUT2D eigenvalue weighted by Gasteiger charge is -2.33. The largest absolute Gasteiger partial charge is 0.417 e. The molecule has 9 nitrogen and oxygen atoms in total. The van der Waals surface area contributed by atoms with Crippen molar-refractivity contribution >= 4 is 35.2 Å². The van der Waals surface area contributed by atoms with Crippen LogP contribution in [0.4, 0.5) is 4.79 Å². The van der Waals surface area contributed by atoms with E-state index in [4.69, 9.17) is 0 Å². The van der Waals surface area contributed by atoms with Crippen LogP contribution in [-0.2, 0) is 9.59 Å². The summed E-state index contributed by atoms with van der Waals surface area (Å²) in [7, 11) is 3.04. The van der Waals surface area contributed by atoms with Gasteiger partial charge in [0.25, 0.3) is 5.91 Å². The lowest BCUT2D eigenvalue weighted by molar-refractivity contribution is -0.558. The third-order valence-electron chi connectivity index (χ3n) is 4.35. The van der Waals surface area contributed by atoms with E-state index in [0.717, 1.165) is 10.6 Å². The number of guanidine groups is 1. The third kappa shape index (κ3) is 2.07. The number of amides is 3.